The van der Waals surface area contributed by atoms with Crippen molar-refractivity contribution in [1.29, 1.82) is 0 Å². The minimum Gasteiger partial charge on any atom is -0.377 e. The average Bonchev–Trinajstić information content (AvgIpc) is 2.38. The lowest BCUT2D eigenvalue weighted by molar-refractivity contribution is -0.121. The van der Waals surface area contributed by atoms with Crippen molar-refractivity contribution >= 4 is 17.7 Å². The number of nitrogens with two attached hydrogens (primary N) is 1. The summed E-state index contributed by atoms with van der Waals surface area (Å²) < 4.78 is 5.28. The predicted molar refractivity (Wildman–Crippen MR) is 67.5 cm³/mol. The minimum atomic E-state index is -0.474. The highest BCUT2D eigenvalue weighted by atomic mass is 16.5. The average molecular weight is 251 g/mol. The van der Waals surface area contributed by atoms with Gasteiger partial charge in [0.25, 0.3) is 0 Å². The van der Waals surface area contributed by atoms with Crippen LogP contribution in [0.2, 0.25) is 0 Å². The zero-order chi connectivity index (χ0) is 13.1. The molecule has 1 aromatic heterocycles. The molecule has 1 aliphatic heterocycles. The third-order valence-corrected chi connectivity index (χ3v) is 2.82. The maximum atomic E-state index is 11.4. The molecule has 0 aliphatic carbocycles. The smallest absolute Gasteiger partial charge is 0.242 e. The summed E-state index contributed by atoms with van der Waals surface area (Å²) in [5, 5.41) is 2.90. The van der Waals surface area contributed by atoms with Crippen LogP contribution in [0.5, 0.6) is 0 Å². The van der Waals surface area contributed by atoms with E-state index >= 15 is 0 Å². The summed E-state index contributed by atoms with van der Waals surface area (Å²) in [5.41, 5.74) is 6.22. The fourth-order valence-corrected chi connectivity index (χ4v) is 1.92. The topological polar surface area (TPSA) is 93.4 Å². The van der Waals surface area contributed by atoms with E-state index in [9.17, 15) is 4.79 Å². The molecule has 1 aromatic rings. The zero-order valence-electron chi connectivity index (χ0n) is 10.5. The van der Waals surface area contributed by atoms with Crippen molar-refractivity contribution in [1.82, 2.24) is 9.97 Å². The largest absolute Gasteiger partial charge is 0.377 e. The van der Waals surface area contributed by atoms with Gasteiger partial charge in [0.05, 0.1) is 13.2 Å². The monoisotopic (exact) mass is 251 g/mol. The van der Waals surface area contributed by atoms with Gasteiger partial charge in [-0.25, -0.2) is 4.98 Å². The van der Waals surface area contributed by atoms with Gasteiger partial charge in [-0.15, -0.1) is 0 Å². The van der Waals surface area contributed by atoms with Crippen LogP contribution in [-0.2, 0) is 9.53 Å². The number of nitrogens with zero attached hydrogens (tertiary/aromatic N) is 3. The summed E-state index contributed by atoms with van der Waals surface area (Å²) in [6.07, 6.45) is 0. The van der Waals surface area contributed by atoms with Crippen LogP contribution >= 0.6 is 0 Å². The number of amides is 1. The molecule has 18 heavy (non-hydrogen) atoms. The molecule has 1 unspecified atom stereocenters. The Hall–Kier alpha value is -1.89. The molecule has 1 aliphatic rings. The van der Waals surface area contributed by atoms with Crippen molar-refractivity contribution in [3.05, 3.63) is 11.8 Å². The third-order valence-electron chi connectivity index (χ3n) is 2.82. The van der Waals surface area contributed by atoms with E-state index in [1.54, 1.807) is 7.05 Å². The van der Waals surface area contributed by atoms with Gasteiger partial charge in [0.1, 0.15) is 11.9 Å². The van der Waals surface area contributed by atoms with Gasteiger partial charge in [-0.3, -0.25) is 4.79 Å². The van der Waals surface area contributed by atoms with Crippen LogP contribution in [0.15, 0.2) is 6.07 Å². The quantitative estimate of drug-likeness (QED) is 0.753. The van der Waals surface area contributed by atoms with Gasteiger partial charge in [-0.05, 0) is 6.92 Å². The highest BCUT2D eigenvalue weighted by Gasteiger charge is 2.29. The number of primary amides is 1. The van der Waals surface area contributed by atoms with Gasteiger partial charge in [0, 0.05) is 25.4 Å². The molecule has 0 bridgehead atoms. The molecule has 0 aromatic carbocycles. The molecule has 98 valence electrons. The third kappa shape index (κ3) is 2.51. The van der Waals surface area contributed by atoms with Crippen LogP contribution in [0, 0.1) is 6.92 Å². The summed E-state index contributed by atoms with van der Waals surface area (Å²) in [7, 11) is 1.75. The Morgan fingerprint density at radius 1 is 1.61 bits per heavy atom. The molecule has 7 nitrogen and oxygen atoms in total. The van der Waals surface area contributed by atoms with Crippen molar-refractivity contribution in [2.24, 2.45) is 5.73 Å². The van der Waals surface area contributed by atoms with Crippen molar-refractivity contribution in [2.75, 3.05) is 37.0 Å². The maximum absolute atomic E-state index is 11.4. The lowest BCUT2D eigenvalue weighted by Gasteiger charge is -2.34. The van der Waals surface area contributed by atoms with Gasteiger partial charge in [0.15, 0.2) is 0 Å². The Balaban J connectivity index is 2.33. The standard InChI is InChI=1S/C11H17N5O2/c1-7-5-9(15-11(13-2)14-7)16-3-4-18-6-8(16)10(12)17/h5,8H,3-4,6H2,1-2H3,(H2,12,17)(H,13,14,15). The van der Waals surface area contributed by atoms with Gasteiger partial charge in [0.2, 0.25) is 11.9 Å². The maximum Gasteiger partial charge on any atom is 0.242 e. The number of ether oxygens (including phenoxy) is 1. The Kier molecular flexibility index (Phi) is 3.61. The first-order valence-corrected chi connectivity index (χ1v) is 5.79. The normalized spacial score (nSPS) is 19.7. The summed E-state index contributed by atoms with van der Waals surface area (Å²) in [6, 6.07) is 1.36. The summed E-state index contributed by atoms with van der Waals surface area (Å²) in [6.45, 7) is 3.33. The van der Waals surface area contributed by atoms with E-state index in [1.807, 2.05) is 17.9 Å². The molecule has 7 heteroatoms. The molecule has 0 radical (unpaired) electrons. The Morgan fingerprint density at radius 2 is 2.39 bits per heavy atom. The highest BCUT2D eigenvalue weighted by molar-refractivity contribution is 5.83. The van der Waals surface area contributed by atoms with Crippen LogP contribution in [0.3, 0.4) is 0 Å². The molecule has 1 atom stereocenters. The molecule has 2 heterocycles. The molecular formula is C11H17N5O2. The number of carbonyl (C=O) groups excluding carboxylic acids is 1. The van der Waals surface area contributed by atoms with E-state index in [4.69, 9.17) is 10.5 Å². The minimum absolute atomic E-state index is 0.299. The van der Waals surface area contributed by atoms with Crippen LogP contribution in [-0.4, -0.2) is 48.7 Å². The second-order valence-corrected chi connectivity index (χ2v) is 4.13. The molecule has 1 saturated heterocycles. The SMILES string of the molecule is CNc1nc(C)cc(N2CCOCC2C(N)=O)n1. The van der Waals surface area contributed by atoms with Crippen LogP contribution < -0.4 is 16.0 Å². The Bertz CT molecular complexity index is 451. The lowest BCUT2D eigenvalue weighted by atomic mass is 10.2. The first-order chi connectivity index (χ1) is 8.61. The van der Waals surface area contributed by atoms with E-state index in [1.165, 1.54) is 0 Å². The van der Waals surface area contributed by atoms with Crippen molar-refractivity contribution in [2.45, 2.75) is 13.0 Å². The number of rotatable bonds is 3. The number of hydrogen-bond donors (Lipinski definition) is 2. The van der Waals surface area contributed by atoms with E-state index in [0.29, 0.717) is 31.5 Å². The first-order valence-electron chi connectivity index (χ1n) is 5.79. The first kappa shape index (κ1) is 12.6. The van der Waals surface area contributed by atoms with Crippen LogP contribution in [0.25, 0.3) is 0 Å². The number of nitrogens with one attached hydrogen (secondary N) is 1. The number of anilines is 2. The van der Waals surface area contributed by atoms with Gasteiger partial charge < -0.3 is 20.7 Å². The van der Waals surface area contributed by atoms with Crippen molar-refractivity contribution in [3.8, 4) is 0 Å². The number of hydrogen-bond acceptors (Lipinski definition) is 6. The van der Waals surface area contributed by atoms with E-state index < -0.39 is 11.9 Å². The van der Waals surface area contributed by atoms with Gasteiger partial charge in [-0.2, -0.15) is 4.98 Å². The predicted octanol–water partition coefficient (Wildman–Crippen LogP) is -0.483. The molecule has 0 spiro atoms. The number of carbonyl (C=O) groups is 1. The van der Waals surface area contributed by atoms with Gasteiger partial charge in [-0.1, -0.05) is 0 Å². The number of morpholine rings is 1. The summed E-state index contributed by atoms with van der Waals surface area (Å²) in [5.74, 6) is 0.815. The zero-order valence-corrected chi connectivity index (χ0v) is 10.5. The molecule has 3 N–H and O–H groups in total. The molecule has 0 saturated carbocycles. The fraction of sp³-hybridized carbons (Fsp3) is 0.545. The summed E-state index contributed by atoms with van der Waals surface area (Å²) >= 11 is 0. The van der Waals surface area contributed by atoms with Crippen molar-refractivity contribution in [3.63, 3.8) is 0 Å². The molecule has 1 fully saturated rings. The molecule has 1 amide bonds. The number of aryl methyl sites for hydroxylation is 1. The Morgan fingerprint density at radius 3 is 3.06 bits per heavy atom. The van der Waals surface area contributed by atoms with E-state index in [2.05, 4.69) is 15.3 Å². The lowest BCUT2D eigenvalue weighted by Crippen LogP contribution is -2.53. The van der Waals surface area contributed by atoms with Crippen LogP contribution in [0.4, 0.5) is 11.8 Å². The number of aromatic nitrogens is 2. The van der Waals surface area contributed by atoms with Crippen LogP contribution in [0.1, 0.15) is 5.69 Å². The Labute approximate surface area is 105 Å². The molecular weight excluding hydrogens is 234 g/mol. The van der Waals surface area contributed by atoms with Crippen molar-refractivity contribution < 1.29 is 9.53 Å². The highest BCUT2D eigenvalue weighted by Crippen LogP contribution is 2.19. The second kappa shape index (κ2) is 5.18. The fourth-order valence-electron chi connectivity index (χ4n) is 1.92. The van der Waals surface area contributed by atoms with E-state index in [-0.39, 0.29) is 0 Å². The van der Waals surface area contributed by atoms with E-state index in [0.717, 1.165) is 5.69 Å². The second-order valence-electron chi connectivity index (χ2n) is 4.13. The molecule has 2 rings (SSSR count). The van der Waals surface area contributed by atoms with Gasteiger partial charge >= 0.3 is 0 Å². The summed E-state index contributed by atoms with van der Waals surface area (Å²) in [4.78, 5) is 21.9.